The van der Waals surface area contributed by atoms with Crippen LogP contribution >= 0.6 is 23.2 Å². The third-order valence-corrected chi connectivity index (χ3v) is 7.34. The highest BCUT2D eigenvalue weighted by Gasteiger charge is 2.46. The maximum absolute atomic E-state index is 13.5. The Morgan fingerprint density at radius 2 is 2.03 bits per heavy atom. The average molecular weight is 492 g/mol. The minimum Gasteiger partial charge on any atom is -0.307 e. The van der Waals surface area contributed by atoms with Crippen LogP contribution in [0.1, 0.15) is 35.2 Å². The van der Waals surface area contributed by atoms with Gasteiger partial charge in [0.15, 0.2) is 0 Å². The summed E-state index contributed by atoms with van der Waals surface area (Å²) >= 11 is 12.2. The molecule has 2 aromatic rings. The predicted octanol–water partition coefficient (Wildman–Crippen LogP) is 6.29. The van der Waals surface area contributed by atoms with Gasteiger partial charge in [0.1, 0.15) is 5.15 Å². The zero-order valence-electron chi connectivity index (χ0n) is 19.0. The predicted molar refractivity (Wildman–Crippen MR) is 140 cm³/mol. The number of fused-ring (bicyclic) bond motifs is 2. The molecule has 1 fully saturated rings. The highest BCUT2D eigenvalue weighted by molar-refractivity contribution is 6.30. The molecule has 0 bridgehead atoms. The first kappa shape index (κ1) is 23.1. The number of halogens is 2. The number of rotatable bonds is 4. The van der Waals surface area contributed by atoms with Crippen LogP contribution in [0.25, 0.3) is 0 Å². The molecule has 1 unspecified atom stereocenters. The summed E-state index contributed by atoms with van der Waals surface area (Å²) in [6.07, 6.45) is 17.2. The Kier molecular flexibility index (Phi) is 6.73. The molecule has 0 saturated carbocycles. The topological polar surface area (TPSA) is 36.4 Å². The summed E-state index contributed by atoms with van der Waals surface area (Å²) in [6.45, 7) is 3.54. The smallest absolute Gasteiger partial charge is 0.258 e. The van der Waals surface area contributed by atoms with E-state index in [4.69, 9.17) is 23.2 Å². The van der Waals surface area contributed by atoms with E-state index in [1.165, 1.54) is 5.56 Å². The first-order valence-corrected chi connectivity index (χ1v) is 12.4. The second-order valence-corrected chi connectivity index (χ2v) is 10.1. The molecule has 1 atom stereocenters. The standard InChI is InChI=1S/C28H27Cl2N3O/c29-23-8-3-6-21(11-12-23)7-4-16-32-17-5-14-28(19-32)20-33(25-10-2-1-9-24(25)28)27(34)22-13-15-31-26(30)18-22/h1-4,6-7,9-13,15,18H,5,8,14,16-17,19-20H2/b7-4+. The van der Waals surface area contributed by atoms with Crippen molar-refractivity contribution in [3.63, 3.8) is 0 Å². The van der Waals surface area contributed by atoms with E-state index in [0.717, 1.165) is 55.2 Å². The molecule has 6 heteroatoms. The van der Waals surface area contributed by atoms with E-state index >= 15 is 0 Å². The lowest BCUT2D eigenvalue weighted by Crippen LogP contribution is -2.49. The van der Waals surface area contributed by atoms with Crippen LogP contribution in [0, 0.1) is 0 Å². The monoisotopic (exact) mass is 491 g/mol. The average Bonchev–Trinajstić information content (AvgIpc) is 2.99. The fourth-order valence-electron chi connectivity index (χ4n) is 5.30. The largest absolute Gasteiger partial charge is 0.307 e. The molecule has 0 radical (unpaired) electrons. The molecule has 1 aliphatic carbocycles. The molecule has 5 rings (SSSR count). The molecular formula is C28H27Cl2N3O. The number of anilines is 1. The number of piperidine rings is 1. The van der Waals surface area contributed by atoms with Gasteiger partial charge in [0.25, 0.3) is 5.91 Å². The normalized spacial score (nSPS) is 22.6. The fraction of sp³-hybridized carbons (Fsp3) is 0.286. The van der Waals surface area contributed by atoms with Gasteiger partial charge in [-0.1, -0.05) is 71.8 Å². The number of carbonyl (C=O) groups excluding carboxylic acids is 1. The Hall–Kier alpha value is -2.66. The van der Waals surface area contributed by atoms with Crippen molar-refractivity contribution in [2.45, 2.75) is 24.7 Å². The number of para-hydroxylation sites is 1. The first-order valence-electron chi connectivity index (χ1n) is 11.7. The number of benzene rings is 1. The van der Waals surface area contributed by atoms with Gasteiger partial charge in [-0.25, -0.2) is 4.98 Å². The second-order valence-electron chi connectivity index (χ2n) is 9.18. The van der Waals surface area contributed by atoms with Crippen molar-refractivity contribution in [3.05, 3.63) is 106 Å². The van der Waals surface area contributed by atoms with Crippen molar-refractivity contribution >= 4 is 34.8 Å². The van der Waals surface area contributed by atoms with Gasteiger partial charge in [-0.15, -0.1) is 0 Å². The van der Waals surface area contributed by atoms with Gasteiger partial charge in [-0.2, -0.15) is 0 Å². The van der Waals surface area contributed by atoms with Gasteiger partial charge >= 0.3 is 0 Å². The number of likely N-dealkylation sites (tertiary alicyclic amines) is 1. The third-order valence-electron chi connectivity index (χ3n) is 6.86. The molecule has 1 spiro atoms. The molecule has 174 valence electrons. The number of amides is 1. The Balaban J connectivity index is 1.35. The molecule has 2 aliphatic heterocycles. The van der Waals surface area contributed by atoms with Gasteiger partial charge in [0.05, 0.1) is 0 Å². The number of hydrogen-bond acceptors (Lipinski definition) is 3. The summed E-state index contributed by atoms with van der Waals surface area (Å²) in [7, 11) is 0. The lowest BCUT2D eigenvalue weighted by molar-refractivity contribution is 0.0975. The Labute approximate surface area is 210 Å². The van der Waals surface area contributed by atoms with Crippen molar-refractivity contribution in [1.29, 1.82) is 0 Å². The van der Waals surface area contributed by atoms with Crippen LogP contribution in [0.3, 0.4) is 0 Å². The van der Waals surface area contributed by atoms with Crippen LogP contribution in [0.15, 0.2) is 89.7 Å². The summed E-state index contributed by atoms with van der Waals surface area (Å²) < 4.78 is 0. The van der Waals surface area contributed by atoms with E-state index in [2.05, 4.69) is 58.5 Å². The molecule has 34 heavy (non-hydrogen) atoms. The zero-order chi connectivity index (χ0) is 23.5. The van der Waals surface area contributed by atoms with Gasteiger partial charge in [0, 0.05) is 54.0 Å². The zero-order valence-corrected chi connectivity index (χ0v) is 20.5. The van der Waals surface area contributed by atoms with E-state index in [-0.39, 0.29) is 11.3 Å². The van der Waals surface area contributed by atoms with E-state index in [1.54, 1.807) is 18.3 Å². The van der Waals surface area contributed by atoms with E-state index in [0.29, 0.717) is 17.3 Å². The summed E-state index contributed by atoms with van der Waals surface area (Å²) in [5.41, 5.74) is 3.94. The van der Waals surface area contributed by atoms with Crippen LogP contribution in [0.2, 0.25) is 5.15 Å². The number of allylic oxidation sites excluding steroid dienone is 7. The Bertz CT molecular complexity index is 1220. The highest BCUT2D eigenvalue weighted by atomic mass is 35.5. The summed E-state index contributed by atoms with van der Waals surface area (Å²) in [4.78, 5) is 21.9. The first-order chi connectivity index (χ1) is 16.5. The van der Waals surface area contributed by atoms with Gasteiger partial charge in [0.2, 0.25) is 0 Å². The van der Waals surface area contributed by atoms with Crippen LogP contribution in [-0.2, 0) is 5.41 Å². The number of aromatic nitrogens is 1. The summed E-state index contributed by atoms with van der Waals surface area (Å²) in [5.74, 6) is -0.0237. The summed E-state index contributed by atoms with van der Waals surface area (Å²) in [5, 5.41) is 1.19. The molecule has 1 aromatic carbocycles. The van der Waals surface area contributed by atoms with Gasteiger partial charge < -0.3 is 4.90 Å². The van der Waals surface area contributed by atoms with E-state index in [1.807, 2.05) is 17.0 Å². The van der Waals surface area contributed by atoms with Crippen LogP contribution in [0.5, 0.6) is 0 Å². The minimum absolute atomic E-state index is 0.0237. The SMILES string of the molecule is O=C(c1ccnc(Cl)c1)N1CC2(CCCN(C/C=C/C3=CC=C(Cl)CC=C3)C2)c2ccccc21. The van der Waals surface area contributed by atoms with Crippen LogP contribution in [0.4, 0.5) is 5.69 Å². The lowest BCUT2D eigenvalue weighted by Gasteiger charge is -2.40. The molecule has 1 saturated heterocycles. The second kappa shape index (κ2) is 9.91. The molecule has 4 nitrogen and oxygen atoms in total. The lowest BCUT2D eigenvalue weighted by atomic mass is 9.75. The number of nitrogens with zero attached hydrogens (tertiary/aromatic N) is 3. The molecular weight excluding hydrogens is 465 g/mol. The van der Waals surface area contributed by atoms with Gasteiger partial charge in [-0.05, 0) is 54.8 Å². The van der Waals surface area contributed by atoms with Crippen molar-refractivity contribution in [2.75, 3.05) is 31.1 Å². The fourth-order valence-corrected chi connectivity index (χ4v) is 5.63. The Morgan fingerprint density at radius 3 is 2.91 bits per heavy atom. The maximum atomic E-state index is 13.5. The van der Waals surface area contributed by atoms with E-state index in [9.17, 15) is 4.79 Å². The minimum atomic E-state index is -0.0626. The highest BCUT2D eigenvalue weighted by Crippen LogP contribution is 2.46. The number of hydrogen-bond donors (Lipinski definition) is 0. The summed E-state index contributed by atoms with van der Waals surface area (Å²) in [6, 6.07) is 11.7. The van der Waals surface area contributed by atoms with Crippen molar-refractivity contribution in [1.82, 2.24) is 9.88 Å². The van der Waals surface area contributed by atoms with Gasteiger partial charge in [-0.3, -0.25) is 9.69 Å². The number of pyridine rings is 1. The van der Waals surface area contributed by atoms with Crippen molar-refractivity contribution in [2.24, 2.45) is 0 Å². The Morgan fingerprint density at radius 1 is 1.15 bits per heavy atom. The molecule has 1 aromatic heterocycles. The molecule has 1 amide bonds. The van der Waals surface area contributed by atoms with Crippen LogP contribution in [-0.4, -0.2) is 42.0 Å². The molecule has 3 aliphatic rings. The van der Waals surface area contributed by atoms with Crippen molar-refractivity contribution < 1.29 is 4.79 Å². The molecule has 3 heterocycles. The van der Waals surface area contributed by atoms with E-state index < -0.39 is 0 Å². The van der Waals surface area contributed by atoms with Crippen LogP contribution < -0.4 is 4.90 Å². The molecule has 0 N–H and O–H groups in total. The van der Waals surface area contributed by atoms with Crippen molar-refractivity contribution in [3.8, 4) is 0 Å². The third kappa shape index (κ3) is 4.76. The number of carbonyl (C=O) groups is 1. The maximum Gasteiger partial charge on any atom is 0.258 e. The quantitative estimate of drug-likeness (QED) is 0.471.